The van der Waals surface area contributed by atoms with E-state index >= 15 is 0 Å². The first-order valence-corrected chi connectivity index (χ1v) is 7.62. The SMILES string of the molecule is CC1(NS(=O)(=O)c2c[nH]ccc2=O)CCCCC1. The van der Waals surface area contributed by atoms with E-state index in [2.05, 4.69) is 9.71 Å². The first kappa shape index (κ1) is 13.3. The molecule has 0 atom stereocenters. The Morgan fingerprint density at radius 1 is 1.28 bits per heavy atom. The van der Waals surface area contributed by atoms with Gasteiger partial charge in [0.05, 0.1) is 0 Å². The standard InChI is InChI=1S/C12H18N2O3S/c1-12(6-3-2-4-7-12)14-18(16,17)11-9-13-8-5-10(11)15/h5,8-9,14H,2-4,6-7H2,1H3,(H,13,15). The maximum absolute atomic E-state index is 12.2. The number of sulfonamides is 1. The minimum atomic E-state index is -3.74. The zero-order valence-electron chi connectivity index (χ0n) is 10.4. The fourth-order valence-electron chi connectivity index (χ4n) is 2.42. The molecule has 1 aliphatic carbocycles. The summed E-state index contributed by atoms with van der Waals surface area (Å²) in [5.74, 6) is 0. The zero-order valence-corrected chi connectivity index (χ0v) is 11.2. The number of hydrogen-bond donors (Lipinski definition) is 2. The van der Waals surface area contributed by atoms with Gasteiger partial charge < -0.3 is 4.98 Å². The van der Waals surface area contributed by atoms with Crippen LogP contribution in [0.2, 0.25) is 0 Å². The molecule has 5 nitrogen and oxygen atoms in total. The average Bonchev–Trinajstić information content (AvgIpc) is 2.28. The smallest absolute Gasteiger partial charge is 0.246 e. The molecule has 1 fully saturated rings. The van der Waals surface area contributed by atoms with Crippen molar-refractivity contribution in [2.24, 2.45) is 0 Å². The number of aromatic nitrogens is 1. The van der Waals surface area contributed by atoms with E-state index in [1.165, 1.54) is 18.5 Å². The second kappa shape index (κ2) is 4.85. The van der Waals surface area contributed by atoms with E-state index in [9.17, 15) is 13.2 Å². The number of rotatable bonds is 3. The second-order valence-electron chi connectivity index (χ2n) is 5.10. The lowest BCUT2D eigenvalue weighted by Crippen LogP contribution is -2.47. The summed E-state index contributed by atoms with van der Waals surface area (Å²) in [4.78, 5) is 14.0. The summed E-state index contributed by atoms with van der Waals surface area (Å²) in [7, 11) is -3.74. The Balaban J connectivity index is 2.27. The first-order chi connectivity index (χ1) is 8.43. The Kier molecular flexibility index (Phi) is 3.59. The molecule has 1 aromatic heterocycles. The van der Waals surface area contributed by atoms with E-state index in [1.807, 2.05) is 6.92 Å². The van der Waals surface area contributed by atoms with Crippen molar-refractivity contribution in [1.29, 1.82) is 0 Å². The Hall–Kier alpha value is -1.14. The van der Waals surface area contributed by atoms with Gasteiger partial charge in [0.15, 0.2) is 0 Å². The zero-order chi connectivity index (χ0) is 13.2. The van der Waals surface area contributed by atoms with Crippen LogP contribution in [0.1, 0.15) is 39.0 Å². The second-order valence-corrected chi connectivity index (χ2v) is 6.75. The van der Waals surface area contributed by atoms with E-state index in [-0.39, 0.29) is 4.90 Å². The molecule has 0 radical (unpaired) electrons. The molecule has 18 heavy (non-hydrogen) atoms. The van der Waals surface area contributed by atoms with Gasteiger partial charge in [0.2, 0.25) is 15.5 Å². The van der Waals surface area contributed by atoms with Gasteiger partial charge in [0.1, 0.15) is 4.90 Å². The van der Waals surface area contributed by atoms with Gasteiger partial charge in [-0.25, -0.2) is 13.1 Å². The predicted molar refractivity (Wildman–Crippen MR) is 68.9 cm³/mol. The highest BCUT2D eigenvalue weighted by Crippen LogP contribution is 2.28. The normalized spacial score (nSPS) is 19.6. The van der Waals surface area contributed by atoms with E-state index in [0.717, 1.165) is 32.1 Å². The van der Waals surface area contributed by atoms with Gasteiger partial charge in [-0.3, -0.25) is 4.79 Å². The van der Waals surface area contributed by atoms with Crippen LogP contribution in [0.25, 0.3) is 0 Å². The summed E-state index contributed by atoms with van der Waals surface area (Å²) in [6, 6.07) is 1.22. The third-order valence-corrected chi connectivity index (χ3v) is 5.08. The Morgan fingerprint density at radius 3 is 2.56 bits per heavy atom. The summed E-state index contributed by atoms with van der Waals surface area (Å²) < 4.78 is 27.1. The number of nitrogens with one attached hydrogen (secondary N) is 2. The van der Waals surface area contributed by atoms with Crippen molar-refractivity contribution in [2.45, 2.75) is 49.5 Å². The fraction of sp³-hybridized carbons (Fsp3) is 0.583. The molecule has 1 heterocycles. The highest BCUT2D eigenvalue weighted by molar-refractivity contribution is 7.89. The van der Waals surface area contributed by atoms with E-state index in [4.69, 9.17) is 0 Å². The molecular weight excluding hydrogens is 252 g/mol. The molecule has 100 valence electrons. The minimum Gasteiger partial charge on any atom is -0.366 e. The molecule has 0 aromatic carbocycles. The molecule has 0 spiro atoms. The Morgan fingerprint density at radius 2 is 1.94 bits per heavy atom. The topological polar surface area (TPSA) is 79.0 Å². The van der Waals surface area contributed by atoms with Gasteiger partial charge in [0, 0.05) is 24.0 Å². The lowest BCUT2D eigenvalue weighted by Gasteiger charge is -2.33. The molecule has 1 saturated carbocycles. The van der Waals surface area contributed by atoms with Gasteiger partial charge in [-0.2, -0.15) is 0 Å². The number of pyridine rings is 1. The lowest BCUT2D eigenvalue weighted by atomic mass is 9.84. The summed E-state index contributed by atoms with van der Waals surface area (Å²) in [5.41, 5.74) is -0.917. The van der Waals surface area contributed by atoms with Crippen molar-refractivity contribution in [2.75, 3.05) is 0 Å². The fourth-order valence-corrected chi connectivity index (χ4v) is 3.94. The van der Waals surface area contributed by atoms with E-state index in [1.54, 1.807) is 0 Å². The number of H-pyrrole nitrogens is 1. The molecule has 0 amide bonds. The van der Waals surface area contributed by atoms with Crippen molar-refractivity contribution in [1.82, 2.24) is 9.71 Å². The monoisotopic (exact) mass is 270 g/mol. The van der Waals surface area contributed by atoms with E-state index < -0.39 is 21.0 Å². The average molecular weight is 270 g/mol. The third kappa shape index (κ3) is 2.81. The molecule has 1 aromatic rings. The summed E-state index contributed by atoms with van der Waals surface area (Å²) in [6.07, 6.45) is 7.46. The van der Waals surface area contributed by atoms with E-state index in [0.29, 0.717) is 0 Å². The van der Waals surface area contributed by atoms with Crippen molar-refractivity contribution in [3.63, 3.8) is 0 Å². The van der Waals surface area contributed by atoms with Crippen LogP contribution in [0.4, 0.5) is 0 Å². The Bertz CT molecular complexity index is 571. The van der Waals surface area contributed by atoms with Crippen molar-refractivity contribution < 1.29 is 8.42 Å². The molecule has 2 rings (SSSR count). The minimum absolute atomic E-state index is 0.211. The van der Waals surface area contributed by atoms with Crippen molar-refractivity contribution in [3.05, 3.63) is 28.7 Å². The van der Waals surface area contributed by atoms with Crippen LogP contribution < -0.4 is 10.2 Å². The summed E-state index contributed by atoms with van der Waals surface area (Å²) in [6.45, 7) is 1.90. The largest absolute Gasteiger partial charge is 0.366 e. The molecule has 2 N–H and O–H groups in total. The van der Waals surface area contributed by atoms with Gasteiger partial charge >= 0.3 is 0 Å². The van der Waals surface area contributed by atoms with Crippen LogP contribution >= 0.6 is 0 Å². The van der Waals surface area contributed by atoms with Crippen LogP contribution in [0.5, 0.6) is 0 Å². The first-order valence-electron chi connectivity index (χ1n) is 6.14. The Labute approximate surface area is 107 Å². The highest BCUT2D eigenvalue weighted by atomic mass is 32.2. The number of hydrogen-bond acceptors (Lipinski definition) is 3. The van der Waals surface area contributed by atoms with Gasteiger partial charge in [0.25, 0.3) is 0 Å². The maximum atomic E-state index is 12.2. The van der Waals surface area contributed by atoms with Crippen LogP contribution in [0.3, 0.4) is 0 Å². The predicted octanol–water partition coefficient (Wildman–Crippen LogP) is 1.38. The van der Waals surface area contributed by atoms with Crippen molar-refractivity contribution >= 4 is 10.0 Å². The summed E-state index contributed by atoms with van der Waals surface area (Å²) in [5, 5.41) is 0. The van der Waals surface area contributed by atoms with Crippen LogP contribution in [0, 0.1) is 0 Å². The third-order valence-electron chi connectivity index (χ3n) is 3.42. The molecule has 1 aliphatic rings. The molecule has 0 aliphatic heterocycles. The van der Waals surface area contributed by atoms with Crippen molar-refractivity contribution in [3.8, 4) is 0 Å². The van der Waals surface area contributed by atoms with Crippen LogP contribution in [-0.4, -0.2) is 18.9 Å². The van der Waals surface area contributed by atoms with Gasteiger partial charge in [-0.15, -0.1) is 0 Å². The van der Waals surface area contributed by atoms with Crippen LogP contribution in [-0.2, 0) is 10.0 Å². The molecule has 6 heteroatoms. The lowest BCUT2D eigenvalue weighted by molar-refractivity contribution is 0.294. The van der Waals surface area contributed by atoms with Gasteiger partial charge in [-0.1, -0.05) is 19.3 Å². The quantitative estimate of drug-likeness (QED) is 0.870. The van der Waals surface area contributed by atoms with Crippen LogP contribution in [0.15, 0.2) is 28.2 Å². The molecule has 0 unspecified atom stereocenters. The molecular formula is C12H18N2O3S. The number of aromatic amines is 1. The van der Waals surface area contributed by atoms with Gasteiger partial charge in [-0.05, 0) is 19.8 Å². The highest BCUT2D eigenvalue weighted by Gasteiger charge is 2.32. The maximum Gasteiger partial charge on any atom is 0.246 e. The molecule has 0 bridgehead atoms. The summed E-state index contributed by atoms with van der Waals surface area (Å²) >= 11 is 0. The molecule has 0 saturated heterocycles.